The Morgan fingerprint density at radius 1 is 1.16 bits per heavy atom. The van der Waals surface area contributed by atoms with Crippen molar-refractivity contribution < 1.29 is 14.2 Å². The van der Waals surface area contributed by atoms with E-state index in [1.807, 2.05) is 0 Å². The molecule has 3 rings (SSSR count). The molecule has 2 fully saturated rings. The van der Waals surface area contributed by atoms with Crippen LogP contribution in [0.3, 0.4) is 0 Å². The third-order valence-corrected chi connectivity index (χ3v) is 6.01. The lowest BCUT2D eigenvalue weighted by Crippen LogP contribution is -2.53. The third kappa shape index (κ3) is 7.75. The molecule has 2 aliphatic heterocycles. The van der Waals surface area contributed by atoms with E-state index in [1.165, 1.54) is 5.56 Å². The van der Waals surface area contributed by atoms with Gasteiger partial charge < -0.3 is 30.2 Å². The van der Waals surface area contributed by atoms with Gasteiger partial charge in [-0.15, -0.1) is 0 Å². The van der Waals surface area contributed by atoms with Gasteiger partial charge in [-0.3, -0.25) is 4.99 Å². The second-order valence-corrected chi connectivity index (χ2v) is 8.73. The number of rotatable bonds is 10. The summed E-state index contributed by atoms with van der Waals surface area (Å²) in [5.41, 5.74) is 1.22. The summed E-state index contributed by atoms with van der Waals surface area (Å²) in [6, 6.07) is 11.0. The lowest BCUT2D eigenvalue weighted by Gasteiger charge is -2.39. The van der Waals surface area contributed by atoms with Crippen molar-refractivity contribution in [3.63, 3.8) is 0 Å². The van der Waals surface area contributed by atoms with Crippen molar-refractivity contribution in [2.75, 3.05) is 46.1 Å². The Labute approximate surface area is 187 Å². The molecular formula is C24H40N4O3. The molecule has 31 heavy (non-hydrogen) atoms. The lowest BCUT2D eigenvalue weighted by molar-refractivity contribution is 0.0344. The molecule has 0 saturated carbocycles. The molecule has 1 aromatic carbocycles. The van der Waals surface area contributed by atoms with Gasteiger partial charge in [0.15, 0.2) is 5.96 Å². The first kappa shape index (κ1) is 24.0. The minimum Gasteiger partial charge on any atom is -0.381 e. The van der Waals surface area contributed by atoms with Crippen LogP contribution < -0.4 is 16.0 Å². The minimum atomic E-state index is -0.0726. The number of nitrogens with one attached hydrogen (secondary N) is 3. The van der Waals surface area contributed by atoms with E-state index in [9.17, 15) is 0 Å². The topological polar surface area (TPSA) is 76.1 Å². The summed E-state index contributed by atoms with van der Waals surface area (Å²) in [5.74, 6) is 0.835. The van der Waals surface area contributed by atoms with Crippen LogP contribution in [0.25, 0.3) is 0 Å². The molecule has 3 unspecified atom stereocenters. The highest BCUT2D eigenvalue weighted by Gasteiger charge is 2.34. The van der Waals surface area contributed by atoms with Crippen molar-refractivity contribution in [2.24, 2.45) is 4.99 Å². The second kappa shape index (κ2) is 12.4. The summed E-state index contributed by atoms with van der Waals surface area (Å²) >= 11 is 0. The summed E-state index contributed by atoms with van der Waals surface area (Å²) in [6.45, 7) is 11.6. The van der Waals surface area contributed by atoms with E-state index in [0.717, 1.165) is 51.6 Å². The van der Waals surface area contributed by atoms with E-state index in [1.54, 1.807) is 0 Å². The zero-order valence-corrected chi connectivity index (χ0v) is 19.4. The summed E-state index contributed by atoms with van der Waals surface area (Å²) in [5, 5.41) is 10.8. The first-order valence-corrected chi connectivity index (χ1v) is 11.7. The van der Waals surface area contributed by atoms with Gasteiger partial charge in [0.25, 0.3) is 0 Å². The summed E-state index contributed by atoms with van der Waals surface area (Å²) in [7, 11) is 0. The molecule has 7 heteroatoms. The lowest BCUT2D eigenvalue weighted by atomic mass is 9.88. The van der Waals surface area contributed by atoms with Gasteiger partial charge >= 0.3 is 0 Å². The number of guanidine groups is 1. The predicted molar refractivity (Wildman–Crippen MR) is 125 cm³/mol. The minimum absolute atomic E-state index is 0.0726. The van der Waals surface area contributed by atoms with Crippen LogP contribution >= 0.6 is 0 Å². The molecule has 7 nitrogen and oxygen atoms in total. The number of aliphatic imine (C=N–C) groups is 1. The Hall–Kier alpha value is -1.67. The number of hydrogen-bond acceptors (Lipinski definition) is 5. The molecule has 0 aromatic heterocycles. The van der Waals surface area contributed by atoms with Crippen LogP contribution in [0.15, 0.2) is 35.3 Å². The average Bonchev–Trinajstić information content (AvgIpc) is 3.31. The van der Waals surface area contributed by atoms with Gasteiger partial charge in [0, 0.05) is 44.0 Å². The maximum Gasteiger partial charge on any atom is 0.191 e. The molecule has 0 bridgehead atoms. The number of benzene rings is 1. The predicted octanol–water partition coefficient (Wildman–Crippen LogP) is 2.64. The highest BCUT2D eigenvalue weighted by atomic mass is 16.5. The van der Waals surface area contributed by atoms with Gasteiger partial charge in [0.2, 0.25) is 0 Å². The van der Waals surface area contributed by atoms with Crippen molar-refractivity contribution in [3.05, 3.63) is 35.9 Å². The van der Waals surface area contributed by atoms with Gasteiger partial charge in [-0.25, -0.2) is 0 Å². The maximum absolute atomic E-state index is 5.96. The fourth-order valence-corrected chi connectivity index (χ4v) is 4.14. The maximum atomic E-state index is 5.96. The molecule has 2 heterocycles. The summed E-state index contributed by atoms with van der Waals surface area (Å²) in [4.78, 5) is 4.97. The summed E-state index contributed by atoms with van der Waals surface area (Å²) < 4.78 is 17.0. The van der Waals surface area contributed by atoms with E-state index in [4.69, 9.17) is 19.2 Å². The van der Waals surface area contributed by atoms with Crippen LogP contribution in [0.5, 0.6) is 0 Å². The quantitative estimate of drug-likeness (QED) is 0.390. The highest BCUT2D eigenvalue weighted by molar-refractivity contribution is 5.80. The van der Waals surface area contributed by atoms with Gasteiger partial charge in [-0.1, -0.05) is 30.3 Å². The largest absolute Gasteiger partial charge is 0.381 e. The molecular weight excluding hydrogens is 392 g/mol. The van der Waals surface area contributed by atoms with E-state index in [2.05, 4.69) is 67.1 Å². The molecule has 3 N–H and O–H groups in total. The van der Waals surface area contributed by atoms with E-state index in [0.29, 0.717) is 19.8 Å². The molecule has 3 atom stereocenters. The Bertz CT molecular complexity index is 658. The van der Waals surface area contributed by atoms with Crippen molar-refractivity contribution in [1.82, 2.24) is 16.0 Å². The standard InChI is InChI=1S/C24H40N4O3/c1-4-25-23(27-19(2)16-31-22-10-13-30-17-22)26-18-24(11-14-29-15-12-24)28-20(3)21-8-6-5-7-9-21/h5-9,19-20,22,28H,4,10-18H2,1-3H3,(H2,25,26,27). The van der Waals surface area contributed by atoms with Crippen molar-refractivity contribution in [2.45, 2.75) is 63.8 Å². The molecule has 0 radical (unpaired) electrons. The third-order valence-electron chi connectivity index (χ3n) is 6.01. The van der Waals surface area contributed by atoms with Crippen molar-refractivity contribution >= 4 is 5.96 Å². The van der Waals surface area contributed by atoms with Crippen LogP contribution in [0.4, 0.5) is 0 Å². The van der Waals surface area contributed by atoms with Gasteiger partial charge in [0.05, 0.1) is 25.9 Å². The Kier molecular flexibility index (Phi) is 9.58. The Morgan fingerprint density at radius 2 is 1.94 bits per heavy atom. The zero-order valence-electron chi connectivity index (χ0n) is 19.4. The second-order valence-electron chi connectivity index (χ2n) is 8.73. The van der Waals surface area contributed by atoms with E-state index >= 15 is 0 Å². The highest BCUT2D eigenvalue weighted by Crippen LogP contribution is 2.26. The smallest absolute Gasteiger partial charge is 0.191 e. The molecule has 0 spiro atoms. The Morgan fingerprint density at radius 3 is 2.61 bits per heavy atom. The van der Waals surface area contributed by atoms with Crippen LogP contribution in [-0.4, -0.2) is 69.8 Å². The molecule has 0 amide bonds. The van der Waals surface area contributed by atoms with Gasteiger partial charge in [-0.2, -0.15) is 0 Å². The number of hydrogen-bond donors (Lipinski definition) is 3. The fraction of sp³-hybridized carbons (Fsp3) is 0.708. The van der Waals surface area contributed by atoms with Crippen molar-refractivity contribution in [3.8, 4) is 0 Å². The van der Waals surface area contributed by atoms with Crippen LogP contribution in [0.2, 0.25) is 0 Å². The SMILES string of the molecule is CCNC(=NCC1(NC(C)c2ccccc2)CCOCC1)NC(C)COC1CCOC1. The van der Waals surface area contributed by atoms with Gasteiger partial charge in [0.1, 0.15) is 0 Å². The molecule has 2 aliphatic rings. The molecule has 2 saturated heterocycles. The Balaban J connectivity index is 1.60. The fourth-order valence-electron chi connectivity index (χ4n) is 4.14. The first-order valence-electron chi connectivity index (χ1n) is 11.7. The number of nitrogens with zero attached hydrogens (tertiary/aromatic N) is 1. The molecule has 0 aliphatic carbocycles. The number of ether oxygens (including phenoxy) is 3. The normalized spacial score (nSPS) is 23.3. The van der Waals surface area contributed by atoms with E-state index in [-0.39, 0.29) is 23.7 Å². The zero-order chi connectivity index (χ0) is 21.9. The summed E-state index contributed by atoms with van der Waals surface area (Å²) in [6.07, 6.45) is 3.11. The van der Waals surface area contributed by atoms with Crippen LogP contribution in [0.1, 0.15) is 51.6 Å². The monoisotopic (exact) mass is 432 g/mol. The molecule has 174 valence electrons. The van der Waals surface area contributed by atoms with Crippen LogP contribution in [-0.2, 0) is 14.2 Å². The van der Waals surface area contributed by atoms with Gasteiger partial charge in [-0.05, 0) is 45.6 Å². The molecule has 1 aromatic rings. The van der Waals surface area contributed by atoms with Crippen molar-refractivity contribution in [1.29, 1.82) is 0 Å². The first-order chi connectivity index (χ1) is 15.1. The van der Waals surface area contributed by atoms with E-state index < -0.39 is 0 Å². The van der Waals surface area contributed by atoms with Crippen LogP contribution in [0, 0.1) is 0 Å². The average molecular weight is 433 g/mol.